The zero-order chi connectivity index (χ0) is 30.5. The average molecular weight is 583 g/mol. The summed E-state index contributed by atoms with van der Waals surface area (Å²) in [4.78, 5) is 37.8. The summed E-state index contributed by atoms with van der Waals surface area (Å²) in [5.41, 5.74) is 3.15. The van der Waals surface area contributed by atoms with Crippen molar-refractivity contribution in [3.63, 3.8) is 0 Å². The van der Waals surface area contributed by atoms with Crippen LogP contribution < -0.4 is 21.1 Å². The number of hydrogen-bond acceptors (Lipinski definition) is 5. The number of nitrogens with two attached hydrogens (primary N) is 1. The molecule has 11 heteroatoms. The van der Waals surface area contributed by atoms with Gasteiger partial charge in [-0.05, 0) is 41.3 Å². The number of aliphatic imine (C=N–C) groups is 1. The van der Waals surface area contributed by atoms with Gasteiger partial charge >= 0.3 is 6.18 Å². The summed E-state index contributed by atoms with van der Waals surface area (Å²) in [6, 6.07) is 24.3. The molecule has 1 heterocycles. The summed E-state index contributed by atoms with van der Waals surface area (Å²) in [5, 5.41) is 19.1. The van der Waals surface area contributed by atoms with Crippen LogP contribution >= 0.6 is 0 Å². The van der Waals surface area contributed by atoms with Crippen molar-refractivity contribution in [1.29, 1.82) is 0 Å². The highest BCUT2D eigenvalue weighted by molar-refractivity contribution is 5.92. The predicted octanol–water partition coefficient (Wildman–Crippen LogP) is 2.84. The van der Waals surface area contributed by atoms with Gasteiger partial charge in [0.1, 0.15) is 12.0 Å². The zero-order valence-electron chi connectivity index (χ0n) is 23.1. The Morgan fingerprint density at radius 3 is 2.24 bits per heavy atom. The van der Waals surface area contributed by atoms with Crippen molar-refractivity contribution in [2.24, 2.45) is 4.99 Å². The molecule has 1 atom stereocenters. The Balaban J connectivity index is 0.000000616. The van der Waals surface area contributed by atoms with Crippen molar-refractivity contribution in [2.45, 2.75) is 50.7 Å². The Kier molecular flexibility index (Phi) is 11.8. The second-order valence-electron chi connectivity index (χ2n) is 9.68. The largest absolute Gasteiger partial charge is 0.542 e. The lowest BCUT2D eigenvalue weighted by Gasteiger charge is -2.17. The van der Waals surface area contributed by atoms with Crippen molar-refractivity contribution in [3.05, 3.63) is 90.1 Å². The number of amides is 2. The van der Waals surface area contributed by atoms with Crippen LogP contribution in [0, 0.1) is 0 Å². The number of carbonyl (C=O) groups excluding carboxylic acids is 3. The van der Waals surface area contributed by atoms with E-state index in [-0.39, 0.29) is 17.9 Å². The minimum absolute atomic E-state index is 0.0122. The minimum Gasteiger partial charge on any atom is -0.542 e. The molecule has 0 spiro atoms. The van der Waals surface area contributed by atoms with E-state index >= 15 is 0 Å². The molecule has 0 fully saturated rings. The number of carbonyl (C=O) groups is 3. The molecule has 0 radical (unpaired) electrons. The molecule has 1 aliphatic rings. The number of fused-ring (bicyclic) bond motifs is 1. The van der Waals surface area contributed by atoms with E-state index in [9.17, 15) is 22.8 Å². The number of hydrogen-bond donors (Lipinski definition) is 3. The molecule has 0 aromatic heterocycles. The van der Waals surface area contributed by atoms with E-state index in [1.54, 1.807) is 7.05 Å². The highest BCUT2D eigenvalue weighted by atomic mass is 19.4. The minimum atomic E-state index is -5.19. The zero-order valence-corrected chi connectivity index (χ0v) is 23.1. The van der Waals surface area contributed by atoms with Crippen molar-refractivity contribution >= 4 is 40.1 Å². The summed E-state index contributed by atoms with van der Waals surface area (Å²) < 4.78 is 31.5. The number of alkyl halides is 3. The fraction of sp³-hybridized carbons (Fsp3) is 0.290. The van der Waals surface area contributed by atoms with Crippen LogP contribution in [-0.4, -0.2) is 42.9 Å². The summed E-state index contributed by atoms with van der Waals surface area (Å²) in [6.07, 6.45) is 1.02. The van der Waals surface area contributed by atoms with Gasteiger partial charge in [0.15, 0.2) is 5.70 Å². The monoisotopic (exact) mass is 582 g/mol. The summed E-state index contributed by atoms with van der Waals surface area (Å²) in [6.45, 7) is 0. The van der Waals surface area contributed by atoms with Crippen molar-refractivity contribution < 1.29 is 38.0 Å². The number of aliphatic carboxylic acids is 1. The number of carboxylic acid groups (broad SMARTS) is 1. The molecule has 222 valence electrons. The maximum Gasteiger partial charge on any atom is 0.430 e. The quantitative estimate of drug-likeness (QED) is 0.301. The van der Waals surface area contributed by atoms with Gasteiger partial charge in [-0.1, -0.05) is 73.5 Å². The van der Waals surface area contributed by atoms with Crippen molar-refractivity contribution in [2.75, 3.05) is 7.05 Å². The van der Waals surface area contributed by atoms with Gasteiger partial charge in [0.25, 0.3) is 0 Å². The van der Waals surface area contributed by atoms with Crippen LogP contribution in [0.5, 0.6) is 0 Å². The molecule has 0 bridgehead atoms. The van der Waals surface area contributed by atoms with Gasteiger partial charge in [0, 0.05) is 19.0 Å². The SMILES string of the molecule is CNC(=O)CCCCC[C@H](NC(=O)Cc1ccccc1)C1=NC=C(c2ccc3ccccc3c2)[NH2+]1.O=C([O-])C(F)(F)F. The number of nitrogens with zero attached hydrogens (tertiary/aromatic N) is 1. The molecule has 0 unspecified atom stereocenters. The lowest BCUT2D eigenvalue weighted by atomic mass is 10.0. The number of carboxylic acids is 1. The van der Waals surface area contributed by atoms with Gasteiger partial charge in [-0.3, -0.25) is 14.9 Å². The van der Waals surface area contributed by atoms with Gasteiger partial charge in [-0.25, -0.2) is 4.99 Å². The lowest BCUT2D eigenvalue weighted by molar-refractivity contribution is -0.434. The second kappa shape index (κ2) is 15.5. The number of amidine groups is 1. The van der Waals surface area contributed by atoms with E-state index in [4.69, 9.17) is 14.9 Å². The smallest absolute Gasteiger partial charge is 0.430 e. The highest BCUT2D eigenvalue weighted by Crippen LogP contribution is 2.20. The maximum absolute atomic E-state index is 12.8. The van der Waals surface area contributed by atoms with E-state index in [2.05, 4.69) is 46.3 Å². The van der Waals surface area contributed by atoms with Crippen LogP contribution in [0.4, 0.5) is 13.2 Å². The molecule has 3 aromatic rings. The summed E-state index contributed by atoms with van der Waals surface area (Å²) in [7, 11) is 1.66. The third kappa shape index (κ3) is 10.2. The second-order valence-corrected chi connectivity index (χ2v) is 9.68. The Bertz CT molecular complexity index is 1440. The van der Waals surface area contributed by atoms with E-state index in [0.29, 0.717) is 12.8 Å². The van der Waals surface area contributed by atoms with E-state index in [1.165, 1.54) is 10.8 Å². The van der Waals surface area contributed by atoms with Crippen LogP contribution in [0.2, 0.25) is 0 Å². The number of halogens is 3. The number of quaternary nitrogens is 1. The molecule has 0 saturated carbocycles. The predicted molar refractivity (Wildman–Crippen MR) is 152 cm³/mol. The highest BCUT2D eigenvalue weighted by Gasteiger charge is 2.29. The fourth-order valence-corrected chi connectivity index (χ4v) is 4.35. The Morgan fingerprint density at radius 2 is 1.57 bits per heavy atom. The van der Waals surface area contributed by atoms with Gasteiger partial charge in [-0.15, -0.1) is 0 Å². The normalized spacial score (nSPS) is 13.3. The number of rotatable bonds is 11. The average Bonchev–Trinajstić information content (AvgIpc) is 3.47. The molecular formula is C31H33F3N4O4. The van der Waals surface area contributed by atoms with Crippen LogP contribution in [0.1, 0.15) is 43.2 Å². The number of nitrogens with one attached hydrogen (secondary N) is 2. The Hall–Kier alpha value is -4.51. The third-order valence-corrected chi connectivity index (χ3v) is 6.55. The van der Waals surface area contributed by atoms with Crippen LogP contribution in [0.3, 0.4) is 0 Å². The standard InChI is InChI=1S/C29H32N4O2.C2HF3O2/c1-30-27(34)15-7-3-6-14-25(32-28(35)18-21-10-4-2-5-11-21)29-31-20-26(33-29)24-17-16-22-12-8-9-13-23(22)19-24;3-2(4,5)1(6)7/h2,4-5,8-13,16-17,19-20,25H,3,6-7,14-15,18H2,1H3,(H,30,34)(H,31,33)(H,32,35);(H,6,7)/t25-;/m0./s1. The van der Waals surface area contributed by atoms with Crippen LogP contribution in [0.15, 0.2) is 84.0 Å². The number of unbranched alkanes of at least 4 members (excludes halogenated alkanes) is 2. The molecule has 0 saturated heterocycles. The molecule has 4 rings (SSSR count). The van der Waals surface area contributed by atoms with Gasteiger partial charge in [0.05, 0.1) is 12.6 Å². The van der Waals surface area contributed by atoms with E-state index in [0.717, 1.165) is 48.3 Å². The molecule has 3 aromatic carbocycles. The Labute approximate surface area is 241 Å². The molecular weight excluding hydrogens is 549 g/mol. The van der Waals surface area contributed by atoms with Gasteiger partial charge in [0.2, 0.25) is 17.6 Å². The van der Waals surface area contributed by atoms with Gasteiger partial charge in [-0.2, -0.15) is 13.2 Å². The van der Waals surface area contributed by atoms with Crippen molar-refractivity contribution in [3.8, 4) is 0 Å². The molecule has 1 aliphatic heterocycles. The van der Waals surface area contributed by atoms with E-state index < -0.39 is 12.1 Å². The third-order valence-electron chi connectivity index (χ3n) is 6.55. The lowest BCUT2D eigenvalue weighted by Crippen LogP contribution is -2.87. The summed E-state index contributed by atoms with van der Waals surface area (Å²) in [5.74, 6) is -2.08. The molecule has 2 amide bonds. The first-order chi connectivity index (χ1) is 20.1. The first kappa shape index (κ1) is 32.0. The van der Waals surface area contributed by atoms with Gasteiger partial charge < -0.3 is 20.5 Å². The fourth-order valence-electron chi connectivity index (χ4n) is 4.35. The topological polar surface area (TPSA) is 127 Å². The van der Waals surface area contributed by atoms with Crippen molar-refractivity contribution in [1.82, 2.24) is 10.6 Å². The van der Waals surface area contributed by atoms with E-state index in [1.807, 2.05) is 48.7 Å². The first-order valence-corrected chi connectivity index (χ1v) is 13.5. The number of benzene rings is 3. The van der Waals surface area contributed by atoms with Crippen LogP contribution in [0.25, 0.3) is 16.5 Å². The molecule has 4 N–H and O–H groups in total. The molecule has 42 heavy (non-hydrogen) atoms. The molecule has 0 aliphatic carbocycles. The Morgan fingerprint density at radius 1 is 0.905 bits per heavy atom. The first-order valence-electron chi connectivity index (χ1n) is 13.5. The molecule has 8 nitrogen and oxygen atoms in total. The van der Waals surface area contributed by atoms with Crippen LogP contribution in [-0.2, 0) is 20.8 Å². The summed E-state index contributed by atoms with van der Waals surface area (Å²) >= 11 is 0. The maximum atomic E-state index is 12.8.